The third-order valence-electron chi connectivity index (χ3n) is 4.17. The molecule has 0 atom stereocenters. The van der Waals surface area contributed by atoms with Gasteiger partial charge < -0.3 is 0 Å². The molecule has 0 aromatic heterocycles. The van der Waals surface area contributed by atoms with Crippen molar-refractivity contribution in [1.82, 2.24) is 0 Å². The van der Waals surface area contributed by atoms with E-state index < -0.39 is 7.14 Å². The molecular weight excluding hydrogens is 439 g/mol. The number of rotatable bonds is 10. The molecule has 2 rings (SSSR count). The molecule has 0 radical (unpaired) electrons. The van der Waals surface area contributed by atoms with Crippen LogP contribution in [0.4, 0.5) is 0 Å². The van der Waals surface area contributed by atoms with E-state index in [4.69, 9.17) is 0 Å². The van der Waals surface area contributed by atoms with Crippen molar-refractivity contribution in [2.45, 2.75) is 50.4 Å². The summed E-state index contributed by atoms with van der Waals surface area (Å²) in [5, 5.41) is 1.91. The van der Waals surface area contributed by atoms with E-state index in [0.29, 0.717) is 0 Å². The molecule has 2 aromatic carbocycles. The zero-order chi connectivity index (χ0) is 18.0. The van der Waals surface area contributed by atoms with Crippen LogP contribution in [0.3, 0.4) is 0 Å². The fourth-order valence-electron chi connectivity index (χ4n) is 2.67. The quantitative estimate of drug-likeness (QED) is 0.239. The van der Waals surface area contributed by atoms with E-state index in [9.17, 15) is 4.57 Å². The molecule has 0 N–H and O–H groups in total. The maximum absolute atomic E-state index is 14.2. The van der Waals surface area contributed by atoms with Crippen LogP contribution in [0.2, 0.25) is 4.47 Å². The van der Waals surface area contributed by atoms with Crippen LogP contribution in [0.25, 0.3) is 0 Å². The molecule has 0 unspecified atom stereocenters. The summed E-state index contributed by atoms with van der Waals surface area (Å²) in [6.45, 7) is 4.49. The first-order valence-electron chi connectivity index (χ1n) is 9.26. The molecule has 0 fully saturated rings. The first kappa shape index (κ1) is 20.5. The Morgan fingerprint density at radius 2 is 1.40 bits per heavy atom. The maximum atomic E-state index is 14.2. The molecule has 134 valence electrons. The van der Waals surface area contributed by atoms with E-state index in [1.165, 1.54) is 33.8 Å². The van der Waals surface area contributed by atoms with Crippen LogP contribution in [0.15, 0.2) is 70.1 Å². The minimum atomic E-state index is -2.70. The monoisotopic (exact) mass is 470 g/mol. The van der Waals surface area contributed by atoms with Gasteiger partial charge in [-0.1, -0.05) is 0 Å². The molecular formula is C22H29OPTe. The Hall–Kier alpha value is -0.800. The van der Waals surface area contributed by atoms with Crippen LogP contribution in [-0.4, -0.2) is 20.9 Å². The molecule has 3 heteroatoms. The van der Waals surface area contributed by atoms with Crippen molar-refractivity contribution in [3.8, 4) is 0 Å². The number of allylic oxidation sites excluding steroid dienone is 1. The Bertz CT molecular complexity index is 651. The first-order valence-corrected chi connectivity index (χ1v) is 13.8. The van der Waals surface area contributed by atoms with Crippen molar-refractivity contribution in [1.29, 1.82) is 0 Å². The third kappa shape index (κ3) is 6.14. The molecule has 0 aliphatic carbocycles. The van der Waals surface area contributed by atoms with Gasteiger partial charge in [0.25, 0.3) is 0 Å². The second kappa shape index (κ2) is 11.0. The van der Waals surface area contributed by atoms with E-state index in [1.54, 1.807) is 0 Å². The zero-order valence-corrected chi connectivity index (χ0v) is 18.6. The zero-order valence-electron chi connectivity index (χ0n) is 15.4. The average molecular weight is 468 g/mol. The molecule has 0 amide bonds. The van der Waals surface area contributed by atoms with Gasteiger partial charge in [-0.05, 0) is 0 Å². The second-order valence-electron chi connectivity index (χ2n) is 6.23. The van der Waals surface area contributed by atoms with Gasteiger partial charge in [-0.3, -0.25) is 0 Å². The summed E-state index contributed by atoms with van der Waals surface area (Å²) in [6, 6.07) is 20.1. The Labute approximate surface area is 163 Å². The van der Waals surface area contributed by atoms with Gasteiger partial charge in [0.1, 0.15) is 0 Å². The molecule has 25 heavy (non-hydrogen) atoms. The van der Waals surface area contributed by atoms with Crippen LogP contribution in [0.5, 0.6) is 0 Å². The normalized spacial score (nSPS) is 12.3. The number of hydrogen-bond acceptors (Lipinski definition) is 1. The van der Waals surface area contributed by atoms with Crippen molar-refractivity contribution in [3.63, 3.8) is 0 Å². The summed E-state index contributed by atoms with van der Waals surface area (Å²) in [7, 11) is -2.70. The van der Waals surface area contributed by atoms with Gasteiger partial charge in [0, 0.05) is 0 Å². The van der Waals surface area contributed by atoms with Gasteiger partial charge in [-0.2, -0.15) is 0 Å². The molecule has 0 aliphatic rings. The van der Waals surface area contributed by atoms with Gasteiger partial charge in [0.05, 0.1) is 0 Å². The Morgan fingerprint density at radius 1 is 0.880 bits per heavy atom. The summed E-state index contributed by atoms with van der Waals surface area (Å²) in [5.74, 6) is 2.19. The van der Waals surface area contributed by atoms with E-state index >= 15 is 0 Å². The van der Waals surface area contributed by atoms with E-state index in [-0.39, 0.29) is 20.9 Å². The predicted octanol–water partition coefficient (Wildman–Crippen LogP) is 5.95. The SMILES string of the molecule is CCCC[Te]/C(=C\P(=O)(c1ccccc1)c1ccccc1)CCCC. The summed E-state index contributed by atoms with van der Waals surface area (Å²) in [4.78, 5) is 0. The van der Waals surface area contributed by atoms with Crippen LogP contribution in [0, 0.1) is 0 Å². The molecule has 0 spiro atoms. The van der Waals surface area contributed by atoms with Gasteiger partial charge in [0.15, 0.2) is 0 Å². The van der Waals surface area contributed by atoms with Crippen molar-refractivity contribution in [2.75, 3.05) is 0 Å². The molecule has 0 saturated carbocycles. The van der Waals surface area contributed by atoms with Crippen LogP contribution in [-0.2, 0) is 4.57 Å². The molecule has 1 nitrogen and oxygen atoms in total. The molecule has 0 heterocycles. The van der Waals surface area contributed by atoms with Crippen molar-refractivity contribution >= 4 is 38.7 Å². The van der Waals surface area contributed by atoms with E-state index in [1.807, 2.05) is 60.7 Å². The van der Waals surface area contributed by atoms with Crippen LogP contribution >= 0.6 is 7.14 Å². The van der Waals surface area contributed by atoms with E-state index in [0.717, 1.165) is 17.0 Å². The standard InChI is InChI=1S/C22H29OPTe/c1-3-5-17-22(25-18-6-4-2)19-24(23,20-13-9-7-10-14-20)21-15-11-8-12-16-21/h7-16,19H,3-6,17-18H2,1-2H3/b22-19-. The van der Waals surface area contributed by atoms with Gasteiger partial charge in [-0.25, -0.2) is 0 Å². The first-order chi connectivity index (χ1) is 12.2. The Morgan fingerprint density at radius 3 is 1.88 bits per heavy atom. The second-order valence-corrected chi connectivity index (χ2v) is 12.3. The fourth-order valence-corrected chi connectivity index (χ4v) is 9.83. The summed E-state index contributed by atoms with van der Waals surface area (Å²) in [6.07, 6.45) is 6.06. The molecule has 0 bridgehead atoms. The van der Waals surface area contributed by atoms with Gasteiger partial charge in [-0.15, -0.1) is 0 Å². The Balaban J connectivity index is 2.44. The van der Waals surface area contributed by atoms with Gasteiger partial charge in [0.2, 0.25) is 0 Å². The van der Waals surface area contributed by atoms with Crippen molar-refractivity contribution in [2.24, 2.45) is 0 Å². The molecule has 0 aliphatic heterocycles. The summed E-state index contributed by atoms with van der Waals surface area (Å²) in [5.41, 5.74) is 0. The predicted molar refractivity (Wildman–Crippen MR) is 113 cm³/mol. The topological polar surface area (TPSA) is 17.1 Å². The van der Waals surface area contributed by atoms with Crippen LogP contribution in [0.1, 0.15) is 46.0 Å². The van der Waals surface area contributed by atoms with Crippen molar-refractivity contribution < 1.29 is 4.57 Å². The number of unbranched alkanes of at least 4 members (excludes halogenated alkanes) is 2. The van der Waals surface area contributed by atoms with Crippen LogP contribution < -0.4 is 10.6 Å². The third-order valence-corrected chi connectivity index (χ3v) is 10.9. The van der Waals surface area contributed by atoms with Gasteiger partial charge >= 0.3 is 164 Å². The minimum absolute atomic E-state index is 0.219. The average Bonchev–Trinajstić information content (AvgIpc) is 2.67. The molecule has 0 saturated heterocycles. The summed E-state index contributed by atoms with van der Waals surface area (Å²) >= 11 is -0.219. The van der Waals surface area contributed by atoms with Crippen molar-refractivity contribution in [3.05, 3.63) is 70.1 Å². The summed E-state index contributed by atoms with van der Waals surface area (Å²) < 4.78 is 17.0. The number of benzene rings is 2. The van der Waals surface area contributed by atoms with E-state index in [2.05, 4.69) is 19.7 Å². The number of hydrogen-bond donors (Lipinski definition) is 0. The fraction of sp³-hybridized carbons (Fsp3) is 0.364. The Kier molecular flexibility index (Phi) is 9.05. The molecule has 2 aromatic rings.